The van der Waals surface area contributed by atoms with E-state index in [9.17, 15) is 13.2 Å². The zero-order valence-corrected chi connectivity index (χ0v) is 19.6. The highest BCUT2D eigenvalue weighted by atomic mass is 32.2. The summed E-state index contributed by atoms with van der Waals surface area (Å²) in [7, 11) is -2.09. The maximum atomic E-state index is 12.8. The number of hydrogen-bond donors (Lipinski definition) is 1. The Morgan fingerprint density at radius 1 is 1.29 bits per heavy atom. The molecule has 3 aromatic rings. The number of nitrogens with one attached hydrogen (secondary N) is 1. The van der Waals surface area contributed by atoms with Crippen LogP contribution in [-0.4, -0.2) is 56.2 Å². The molecule has 2 aromatic carbocycles. The van der Waals surface area contributed by atoms with Gasteiger partial charge in [0.15, 0.2) is 4.34 Å². The van der Waals surface area contributed by atoms with E-state index in [2.05, 4.69) is 10.3 Å². The minimum absolute atomic E-state index is 0.0623. The quantitative estimate of drug-likeness (QED) is 0.516. The number of hydrogen-bond acceptors (Lipinski definition) is 7. The topological polar surface area (TPSA) is 88.6 Å². The molecular formula is C21H23N3O4S3. The Morgan fingerprint density at radius 3 is 2.74 bits per heavy atom. The zero-order valence-electron chi connectivity index (χ0n) is 17.2. The highest BCUT2D eigenvalue weighted by Gasteiger charge is 2.26. The van der Waals surface area contributed by atoms with Gasteiger partial charge in [-0.05, 0) is 61.6 Å². The maximum Gasteiger partial charge on any atom is 0.255 e. The lowest BCUT2D eigenvalue weighted by Gasteiger charge is -2.20. The van der Waals surface area contributed by atoms with Crippen molar-refractivity contribution in [2.45, 2.75) is 28.2 Å². The number of carbonyl (C=O) groups excluding carboxylic acids is 1. The second kappa shape index (κ2) is 9.25. The number of fused-ring (bicyclic) bond motifs is 1. The van der Waals surface area contributed by atoms with Crippen molar-refractivity contribution < 1.29 is 17.9 Å². The van der Waals surface area contributed by atoms with Crippen molar-refractivity contribution in [2.24, 2.45) is 0 Å². The first-order valence-corrected chi connectivity index (χ1v) is 13.3. The largest absolute Gasteiger partial charge is 0.377 e. The normalized spacial score (nSPS) is 16.8. The molecule has 1 saturated heterocycles. The summed E-state index contributed by atoms with van der Waals surface area (Å²) in [6.45, 7) is 1.000. The fourth-order valence-corrected chi connectivity index (χ4v) is 6.13. The second-order valence-corrected chi connectivity index (χ2v) is 11.4. The van der Waals surface area contributed by atoms with Crippen LogP contribution in [0.25, 0.3) is 10.2 Å². The molecule has 4 rings (SSSR count). The third-order valence-electron chi connectivity index (χ3n) is 5.11. The molecular weight excluding hydrogens is 454 g/mol. The van der Waals surface area contributed by atoms with Gasteiger partial charge in [-0.25, -0.2) is 13.4 Å². The number of nitrogens with zero attached hydrogens (tertiary/aromatic N) is 2. The fraction of sp³-hybridized carbons (Fsp3) is 0.333. The highest BCUT2D eigenvalue weighted by molar-refractivity contribution is 8.00. The molecule has 1 amide bonds. The molecule has 0 aliphatic carbocycles. The molecule has 2 heterocycles. The van der Waals surface area contributed by atoms with Crippen LogP contribution in [0.1, 0.15) is 23.2 Å². The van der Waals surface area contributed by atoms with Crippen LogP contribution in [0.3, 0.4) is 0 Å². The summed E-state index contributed by atoms with van der Waals surface area (Å²) in [5.74, 6) is -0.300. The van der Waals surface area contributed by atoms with Gasteiger partial charge in [-0.15, -0.1) is 11.3 Å². The lowest BCUT2D eigenvalue weighted by molar-refractivity contribution is 0.0979. The molecule has 1 aromatic heterocycles. The number of ether oxygens (including phenoxy) is 1. The summed E-state index contributed by atoms with van der Waals surface area (Å²) in [6.07, 6.45) is 3.74. The van der Waals surface area contributed by atoms with E-state index in [0.29, 0.717) is 24.4 Å². The molecule has 1 atom stereocenters. The van der Waals surface area contributed by atoms with Crippen LogP contribution in [0, 0.1) is 0 Å². The molecule has 1 fully saturated rings. The van der Waals surface area contributed by atoms with Gasteiger partial charge < -0.3 is 10.1 Å². The average Bonchev–Trinajstić information content (AvgIpc) is 3.42. The van der Waals surface area contributed by atoms with E-state index in [-0.39, 0.29) is 16.9 Å². The van der Waals surface area contributed by atoms with Crippen LogP contribution < -0.4 is 5.32 Å². The Kier molecular flexibility index (Phi) is 6.63. The van der Waals surface area contributed by atoms with Crippen LogP contribution in [-0.2, 0) is 14.8 Å². The molecule has 0 radical (unpaired) electrons. The van der Waals surface area contributed by atoms with Crippen molar-refractivity contribution in [1.82, 2.24) is 9.29 Å². The lowest BCUT2D eigenvalue weighted by Crippen LogP contribution is -2.34. The third kappa shape index (κ3) is 4.93. The smallest absolute Gasteiger partial charge is 0.255 e. The number of sulfonamides is 1. The Bertz CT molecular complexity index is 1190. The van der Waals surface area contributed by atoms with E-state index in [1.807, 2.05) is 24.5 Å². The van der Waals surface area contributed by atoms with E-state index in [1.165, 1.54) is 28.6 Å². The molecule has 10 heteroatoms. The first-order chi connectivity index (χ1) is 14.9. The molecule has 1 N–H and O–H groups in total. The maximum absolute atomic E-state index is 12.8. The molecule has 7 nitrogen and oxygen atoms in total. The number of thioether (sulfide) groups is 1. The Balaban J connectivity index is 1.45. The van der Waals surface area contributed by atoms with Crippen LogP contribution in [0.15, 0.2) is 51.7 Å². The number of anilines is 1. The van der Waals surface area contributed by atoms with Gasteiger partial charge >= 0.3 is 0 Å². The summed E-state index contributed by atoms with van der Waals surface area (Å²) in [5.41, 5.74) is 1.95. The van der Waals surface area contributed by atoms with Crippen molar-refractivity contribution in [3.05, 3.63) is 48.0 Å². The third-order valence-corrected chi connectivity index (χ3v) is 8.95. The van der Waals surface area contributed by atoms with Gasteiger partial charge in [0.05, 0.1) is 21.2 Å². The van der Waals surface area contributed by atoms with Gasteiger partial charge in [0.2, 0.25) is 10.0 Å². The molecule has 1 aliphatic rings. The van der Waals surface area contributed by atoms with E-state index >= 15 is 0 Å². The van der Waals surface area contributed by atoms with E-state index in [4.69, 9.17) is 4.74 Å². The summed E-state index contributed by atoms with van der Waals surface area (Å²) < 4.78 is 34.4. The summed E-state index contributed by atoms with van der Waals surface area (Å²) in [5, 5.41) is 2.86. The number of benzene rings is 2. The number of likely N-dealkylation sites (N-methyl/N-ethyl adjacent to an activating group) is 1. The standard InChI is InChI=1S/C21H23N3O4S3/c1-24(13-16-4-3-11-28-16)31(26,27)17-8-5-14(6-9-17)20(25)22-15-7-10-18-19(12-15)30-21(23-18)29-2/h5-10,12,16H,3-4,11,13H2,1-2H3,(H,22,25). The van der Waals surface area contributed by atoms with Gasteiger partial charge in [-0.2, -0.15) is 4.31 Å². The number of amides is 1. The Hall–Kier alpha value is -1.98. The van der Waals surface area contributed by atoms with Gasteiger partial charge in [0.1, 0.15) is 0 Å². The minimum atomic E-state index is -3.64. The second-order valence-electron chi connectivity index (χ2n) is 7.27. The molecule has 164 valence electrons. The van der Waals surface area contributed by atoms with Gasteiger partial charge in [0, 0.05) is 31.5 Å². The van der Waals surface area contributed by atoms with Crippen LogP contribution >= 0.6 is 23.1 Å². The molecule has 31 heavy (non-hydrogen) atoms. The molecule has 0 saturated carbocycles. The predicted molar refractivity (Wildman–Crippen MR) is 125 cm³/mol. The van der Waals surface area contributed by atoms with Crippen molar-refractivity contribution in [1.29, 1.82) is 0 Å². The monoisotopic (exact) mass is 477 g/mol. The Labute approximate surface area is 189 Å². The first kappa shape index (κ1) is 22.2. The average molecular weight is 478 g/mol. The van der Waals surface area contributed by atoms with Crippen LogP contribution in [0.4, 0.5) is 5.69 Å². The highest BCUT2D eigenvalue weighted by Crippen LogP contribution is 2.30. The molecule has 1 unspecified atom stereocenters. The summed E-state index contributed by atoms with van der Waals surface area (Å²) in [4.78, 5) is 17.3. The fourth-order valence-electron chi connectivity index (χ4n) is 3.40. The van der Waals surface area contributed by atoms with Crippen LogP contribution in [0.2, 0.25) is 0 Å². The summed E-state index contributed by atoms with van der Waals surface area (Å²) >= 11 is 3.16. The van der Waals surface area contributed by atoms with Crippen LogP contribution in [0.5, 0.6) is 0 Å². The van der Waals surface area contributed by atoms with E-state index in [0.717, 1.165) is 27.4 Å². The number of thiazole rings is 1. The zero-order chi connectivity index (χ0) is 22.0. The van der Waals surface area contributed by atoms with E-state index in [1.54, 1.807) is 30.1 Å². The molecule has 1 aliphatic heterocycles. The van der Waals surface area contributed by atoms with Gasteiger partial charge in [0.25, 0.3) is 5.91 Å². The van der Waals surface area contributed by atoms with E-state index < -0.39 is 10.0 Å². The Morgan fingerprint density at radius 2 is 2.06 bits per heavy atom. The summed E-state index contributed by atoms with van der Waals surface area (Å²) in [6, 6.07) is 11.6. The first-order valence-electron chi connectivity index (χ1n) is 9.81. The van der Waals surface area contributed by atoms with Crippen molar-refractivity contribution in [2.75, 3.05) is 31.8 Å². The number of rotatable bonds is 7. The molecule has 0 spiro atoms. The molecule has 0 bridgehead atoms. The number of aromatic nitrogens is 1. The van der Waals surface area contributed by atoms with Gasteiger partial charge in [-0.1, -0.05) is 11.8 Å². The minimum Gasteiger partial charge on any atom is -0.377 e. The SMILES string of the molecule is CSc1nc2ccc(NC(=O)c3ccc(S(=O)(=O)N(C)CC4CCCO4)cc3)cc2s1. The lowest BCUT2D eigenvalue weighted by atomic mass is 10.2. The van der Waals surface area contributed by atoms with Gasteiger partial charge in [-0.3, -0.25) is 4.79 Å². The van der Waals surface area contributed by atoms with Crippen molar-refractivity contribution in [3.63, 3.8) is 0 Å². The number of carbonyl (C=O) groups is 1. The predicted octanol–water partition coefficient (Wildman–Crippen LogP) is 4.07. The van der Waals surface area contributed by atoms with Crippen molar-refractivity contribution >= 4 is 54.9 Å². The van der Waals surface area contributed by atoms with Crippen molar-refractivity contribution in [3.8, 4) is 0 Å².